The molecule has 0 aliphatic heterocycles. The van der Waals surface area contributed by atoms with E-state index >= 15 is 0 Å². The van der Waals surface area contributed by atoms with Gasteiger partial charge in [-0.1, -0.05) is 36.4 Å². The molecule has 0 aliphatic rings. The maximum absolute atomic E-state index is 11.4. The van der Waals surface area contributed by atoms with Crippen molar-refractivity contribution in [2.45, 2.75) is 6.92 Å². The standard InChI is InChI=1S/C11H12O2/c1-2-8-13-9-11(12)10-6-4-3-5-7-10/h2-8H,9H2,1H3. The summed E-state index contributed by atoms with van der Waals surface area (Å²) < 4.78 is 4.97. The quantitative estimate of drug-likeness (QED) is 0.520. The van der Waals surface area contributed by atoms with E-state index in [-0.39, 0.29) is 12.4 Å². The first-order valence-corrected chi connectivity index (χ1v) is 4.15. The average molecular weight is 176 g/mol. The molecule has 0 saturated heterocycles. The second-order valence-electron chi connectivity index (χ2n) is 2.57. The summed E-state index contributed by atoms with van der Waals surface area (Å²) in [5.41, 5.74) is 0.687. The van der Waals surface area contributed by atoms with E-state index < -0.39 is 0 Å². The Kier molecular flexibility index (Phi) is 3.76. The second-order valence-corrected chi connectivity index (χ2v) is 2.57. The van der Waals surface area contributed by atoms with Gasteiger partial charge in [0.2, 0.25) is 0 Å². The van der Waals surface area contributed by atoms with Crippen molar-refractivity contribution >= 4 is 5.78 Å². The zero-order chi connectivity index (χ0) is 9.52. The van der Waals surface area contributed by atoms with Crippen LogP contribution in [0.4, 0.5) is 0 Å². The van der Waals surface area contributed by atoms with E-state index in [1.54, 1.807) is 18.2 Å². The first kappa shape index (κ1) is 9.52. The number of ether oxygens (including phenoxy) is 1. The van der Waals surface area contributed by atoms with E-state index in [1.807, 2.05) is 25.1 Å². The Labute approximate surface area is 77.8 Å². The number of hydrogen-bond donors (Lipinski definition) is 0. The fourth-order valence-corrected chi connectivity index (χ4v) is 0.927. The molecule has 68 valence electrons. The van der Waals surface area contributed by atoms with Gasteiger partial charge in [0.15, 0.2) is 12.4 Å². The van der Waals surface area contributed by atoms with Gasteiger partial charge in [0, 0.05) is 5.56 Å². The third-order valence-corrected chi connectivity index (χ3v) is 1.54. The van der Waals surface area contributed by atoms with Crippen LogP contribution in [-0.4, -0.2) is 12.4 Å². The monoisotopic (exact) mass is 176 g/mol. The van der Waals surface area contributed by atoms with Gasteiger partial charge in [-0.25, -0.2) is 0 Å². The van der Waals surface area contributed by atoms with Gasteiger partial charge in [0.1, 0.15) is 0 Å². The van der Waals surface area contributed by atoms with E-state index in [0.717, 1.165) is 0 Å². The lowest BCUT2D eigenvalue weighted by molar-refractivity contribution is 0.0886. The molecule has 0 atom stereocenters. The van der Waals surface area contributed by atoms with Gasteiger partial charge in [0.05, 0.1) is 6.26 Å². The number of carbonyl (C=O) groups is 1. The number of allylic oxidation sites excluding steroid dienone is 1. The predicted octanol–water partition coefficient (Wildman–Crippen LogP) is 2.42. The molecule has 1 aromatic rings. The van der Waals surface area contributed by atoms with Gasteiger partial charge < -0.3 is 4.74 Å². The number of hydrogen-bond acceptors (Lipinski definition) is 2. The highest BCUT2D eigenvalue weighted by molar-refractivity contribution is 5.97. The number of carbonyl (C=O) groups excluding carboxylic acids is 1. The fraction of sp³-hybridized carbons (Fsp3) is 0.182. The minimum absolute atomic E-state index is 0.00120. The maximum Gasteiger partial charge on any atom is 0.200 e. The smallest absolute Gasteiger partial charge is 0.200 e. The SMILES string of the molecule is CC=COCC(=O)c1ccccc1. The topological polar surface area (TPSA) is 26.3 Å². The Bertz CT molecular complexity index is 288. The van der Waals surface area contributed by atoms with Gasteiger partial charge in [-0.05, 0) is 6.92 Å². The van der Waals surface area contributed by atoms with Crippen molar-refractivity contribution in [2.75, 3.05) is 6.61 Å². The van der Waals surface area contributed by atoms with E-state index in [1.165, 1.54) is 6.26 Å². The molecule has 0 unspecified atom stereocenters. The summed E-state index contributed by atoms with van der Waals surface area (Å²) in [4.78, 5) is 11.4. The van der Waals surface area contributed by atoms with Crippen molar-refractivity contribution in [3.8, 4) is 0 Å². The lowest BCUT2D eigenvalue weighted by Gasteiger charge is -1.99. The van der Waals surface area contributed by atoms with Gasteiger partial charge in [-0.2, -0.15) is 0 Å². The molecule has 13 heavy (non-hydrogen) atoms. The molecule has 0 heterocycles. The van der Waals surface area contributed by atoms with Crippen LogP contribution in [0.5, 0.6) is 0 Å². The minimum atomic E-state index is -0.00120. The summed E-state index contributed by atoms with van der Waals surface area (Å²) in [5, 5.41) is 0. The fourth-order valence-electron chi connectivity index (χ4n) is 0.927. The Morgan fingerprint density at radius 3 is 2.69 bits per heavy atom. The van der Waals surface area contributed by atoms with Crippen LogP contribution in [0.15, 0.2) is 42.7 Å². The van der Waals surface area contributed by atoms with Crippen LogP contribution in [0.2, 0.25) is 0 Å². The van der Waals surface area contributed by atoms with Gasteiger partial charge >= 0.3 is 0 Å². The van der Waals surface area contributed by atoms with Crippen molar-refractivity contribution in [1.29, 1.82) is 0 Å². The van der Waals surface area contributed by atoms with E-state index in [0.29, 0.717) is 5.56 Å². The van der Waals surface area contributed by atoms with Gasteiger partial charge in [-0.15, -0.1) is 0 Å². The highest BCUT2D eigenvalue weighted by atomic mass is 16.5. The minimum Gasteiger partial charge on any atom is -0.493 e. The summed E-state index contributed by atoms with van der Waals surface area (Å²) in [6.07, 6.45) is 3.26. The van der Waals surface area contributed by atoms with Crippen LogP contribution in [0.1, 0.15) is 17.3 Å². The number of Topliss-reactive ketones (excluding diaryl/α,β-unsaturated/α-hetero) is 1. The molecule has 0 spiro atoms. The highest BCUT2D eigenvalue weighted by Crippen LogP contribution is 1.99. The zero-order valence-corrected chi connectivity index (χ0v) is 7.57. The molecule has 0 radical (unpaired) electrons. The second kappa shape index (κ2) is 5.14. The molecule has 0 N–H and O–H groups in total. The first-order valence-electron chi connectivity index (χ1n) is 4.15. The first-order chi connectivity index (χ1) is 6.34. The van der Waals surface area contributed by atoms with E-state index in [9.17, 15) is 4.79 Å². The summed E-state index contributed by atoms with van der Waals surface area (Å²) in [7, 11) is 0. The van der Waals surface area contributed by atoms with Gasteiger partial charge in [-0.3, -0.25) is 4.79 Å². The van der Waals surface area contributed by atoms with Crippen LogP contribution >= 0.6 is 0 Å². The van der Waals surface area contributed by atoms with E-state index in [2.05, 4.69) is 0 Å². The molecule has 0 bridgehead atoms. The van der Waals surface area contributed by atoms with Crippen LogP contribution < -0.4 is 0 Å². The Hall–Kier alpha value is -1.57. The van der Waals surface area contributed by atoms with Crippen molar-refractivity contribution < 1.29 is 9.53 Å². The predicted molar refractivity (Wildman–Crippen MR) is 51.5 cm³/mol. The van der Waals surface area contributed by atoms with Crippen molar-refractivity contribution in [2.24, 2.45) is 0 Å². The number of ketones is 1. The Morgan fingerprint density at radius 2 is 2.08 bits per heavy atom. The molecule has 0 fully saturated rings. The molecule has 0 aliphatic carbocycles. The number of rotatable bonds is 4. The van der Waals surface area contributed by atoms with Crippen LogP contribution in [0.3, 0.4) is 0 Å². The van der Waals surface area contributed by atoms with Crippen LogP contribution in [-0.2, 0) is 4.74 Å². The summed E-state index contributed by atoms with van der Waals surface area (Å²) in [5.74, 6) is -0.00120. The van der Waals surface area contributed by atoms with Gasteiger partial charge in [0.25, 0.3) is 0 Å². The number of benzene rings is 1. The zero-order valence-electron chi connectivity index (χ0n) is 7.57. The largest absolute Gasteiger partial charge is 0.493 e. The van der Waals surface area contributed by atoms with Crippen LogP contribution in [0.25, 0.3) is 0 Å². The van der Waals surface area contributed by atoms with Crippen molar-refractivity contribution in [3.05, 3.63) is 48.2 Å². The van der Waals surface area contributed by atoms with Crippen LogP contribution in [0, 0.1) is 0 Å². The Morgan fingerprint density at radius 1 is 1.38 bits per heavy atom. The van der Waals surface area contributed by atoms with E-state index in [4.69, 9.17) is 4.74 Å². The van der Waals surface area contributed by atoms with Crippen molar-refractivity contribution in [3.63, 3.8) is 0 Å². The third kappa shape index (κ3) is 3.11. The molecule has 1 rings (SSSR count). The molecule has 2 nitrogen and oxygen atoms in total. The summed E-state index contributed by atoms with van der Waals surface area (Å²) in [6.45, 7) is 1.95. The third-order valence-electron chi connectivity index (χ3n) is 1.54. The average Bonchev–Trinajstić information content (AvgIpc) is 2.19. The molecule has 0 amide bonds. The Balaban J connectivity index is 2.49. The maximum atomic E-state index is 11.4. The molecule has 2 heteroatoms. The molecular weight excluding hydrogens is 164 g/mol. The summed E-state index contributed by atoms with van der Waals surface area (Å²) >= 11 is 0. The highest BCUT2D eigenvalue weighted by Gasteiger charge is 2.02. The van der Waals surface area contributed by atoms with Crippen molar-refractivity contribution in [1.82, 2.24) is 0 Å². The molecule has 1 aromatic carbocycles. The molecule has 0 saturated carbocycles. The lowest BCUT2D eigenvalue weighted by atomic mass is 10.1. The normalized spacial score (nSPS) is 10.2. The molecule has 0 aromatic heterocycles. The summed E-state index contributed by atoms with van der Waals surface area (Å²) in [6, 6.07) is 9.11. The molecular formula is C11H12O2. The lowest BCUT2D eigenvalue weighted by Crippen LogP contribution is -2.05.